The standard InChI is InChI=1S/C10H10F4N2O3S/c1-5-2-6(9(17)16-4-10(12,13)14)3-7(8(5)11)20(15,18)19/h2-3H,4H2,1H3,(H,16,17)(H2,15,18,19). The van der Waals surface area contributed by atoms with Gasteiger partial charge < -0.3 is 5.32 Å². The minimum Gasteiger partial charge on any atom is -0.343 e. The number of rotatable bonds is 3. The van der Waals surface area contributed by atoms with E-state index in [0.717, 1.165) is 13.0 Å². The van der Waals surface area contributed by atoms with Crippen LogP contribution in [0.5, 0.6) is 0 Å². The number of aryl methyl sites for hydroxylation is 1. The molecule has 0 fully saturated rings. The van der Waals surface area contributed by atoms with Gasteiger partial charge >= 0.3 is 6.18 Å². The minimum atomic E-state index is -4.62. The molecule has 0 saturated heterocycles. The smallest absolute Gasteiger partial charge is 0.343 e. The number of nitrogens with two attached hydrogens (primary N) is 1. The zero-order chi connectivity index (χ0) is 15.7. The highest BCUT2D eigenvalue weighted by molar-refractivity contribution is 7.89. The van der Waals surface area contributed by atoms with Gasteiger partial charge in [-0.15, -0.1) is 0 Å². The van der Waals surface area contributed by atoms with E-state index in [4.69, 9.17) is 5.14 Å². The summed E-state index contributed by atoms with van der Waals surface area (Å²) in [6, 6.07) is 1.51. The number of carbonyl (C=O) groups is 1. The molecule has 10 heteroatoms. The monoisotopic (exact) mass is 314 g/mol. The SMILES string of the molecule is Cc1cc(C(=O)NCC(F)(F)F)cc(S(N)(=O)=O)c1F. The Balaban J connectivity index is 3.15. The Morgan fingerprint density at radius 1 is 1.35 bits per heavy atom. The van der Waals surface area contributed by atoms with Gasteiger partial charge in [0.2, 0.25) is 10.0 Å². The van der Waals surface area contributed by atoms with Crippen LogP contribution in [-0.2, 0) is 10.0 Å². The third-order valence-corrected chi connectivity index (χ3v) is 3.15. The van der Waals surface area contributed by atoms with Crippen LogP contribution in [0.25, 0.3) is 0 Å². The van der Waals surface area contributed by atoms with Gasteiger partial charge in [-0.25, -0.2) is 17.9 Å². The van der Waals surface area contributed by atoms with E-state index in [0.29, 0.717) is 6.07 Å². The second kappa shape index (κ2) is 5.37. The van der Waals surface area contributed by atoms with E-state index >= 15 is 0 Å². The average Bonchev–Trinajstić information content (AvgIpc) is 2.26. The van der Waals surface area contributed by atoms with E-state index in [-0.39, 0.29) is 5.56 Å². The zero-order valence-electron chi connectivity index (χ0n) is 10.1. The Morgan fingerprint density at radius 2 is 1.90 bits per heavy atom. The first-order chi connectivity index (χ1) is 8.92. The van der Waals surface area contributed by atoms with Crippen LogP contribution in [0.1, 0.15) is 15.9 Å². The van der Waals surface area contributed by atoms with E-state index in [1.165, 1.54) is 0 Å². The quantitative estimate of drug-likeness (QED) is 0.818. The first kappa shape index (κ1) is 16.4. The van der Waals surface area contributed by atoms with E-state index in [9.17, 15) is 30.8 Å². The lowest BCUT2D eigenvalue weighted by Crippen LogP contribution is -2.34. The summed E-state index contributed by atoms with van der Waals surface area (Å²) in [6.07, 6.45) is -4.62. The summed E-state index contributed by atoms with van der Waals surface area (Å²) in [5.41, 5.74) is -0.661. The van der Waals surface area contributed by atoms with Gasteiger partial charge in [0.1, 0.15) is 17.3 Å². The molecular formula is C10H10F4N2O3S. The van der Waals surface area contributed by atoms with E-state index in [1.807, 2.05) is 0 Å². The van der Waals surface area contributed by atoms with Crippen LogP contribution in [0, 0.1) is 12.7 Å². The van der Waals surface area contributed by atoms with Crippen molar-refractivity contribution in [3.63, 3.8) is 0 Å². The molecule has 1 aromatic carbocycles. The molecule has 0 aliphatic rings. The van der Waals surface area contributed by atoms with E-state index < -0.39 is 44.9 Å². The third kappa shape index (κ3) is 4.17. The number of halogens is 4. The van der Waals surface area contributed by atoms with Gasteiger partial charge in [-0.3, -0.25) is 4.79 Å². The lowest BCUT2D eigenvalue weighted by atomic mass is 10.1. The first-order valence-electron chi connectivity index (χ1n) is 5.10. The minimum absolute atomic E-state index is 0.228. The number of carbonyl (C=O) groups excluding carboxylic acids is 1. The highest BCUT2D eigenvalue weighted by atomic mass is 32.2. The number of benzene rings is 1. The molecule has 1 amide bonds. The second-order valence-corrected chi connectivity index (χ2v) is 5.48. The van der Waals surface area contributed by atoms with E-state index in [2.05, 4.69) is 0 Å². The molecule has 3 N–H and O–H groups in total. The molecule has 0 aliphatic heterocycles. The van der Waals surface area contributed by atoms with Crippen LogP contribution >= 0.6 is 0 Å². The van der Waals surface area contributed by atoms with Gasteiger partial charge in [-0.2, -0.15) is 13.2 Å². The predicted octanol–water partition coefficient (Wildman–Crippen LogP) is 1.07. The number of sulfonamides is 1. The molecule has 1 rings (SSSR count). The maximum absolute atomic E-state index is 13.5. The molecule has 0 atom stereocenters. The molecule has 0 unspecified atom stereocenters. The molecule has 1 aromatic rings. The van der Waals surface area contributed by atoms with Gasteiger partial charge in [0.05, 0.1) is 0 Å². The number of nitrogens with one attached hydrogen (secondary N) is 1. The lowest BCUT2D eigenvalue weighted by molar-refractivity contribution is -0.123. The van der Waals surface area contributed by atoms with Crippen molar-refractivity contribution >= 4 is 15.9 Å². The summed E-state index contributed by atoms with van der Waals surface area (Å²) in [4.78, 5) is 10.5. The van der Waals surface area contributed by atoms with Gasteiger partial charge in [0.15, 0.2) is 0 Å². The van der Waals surface area contributed by atoms with Crippen molar-refractivity contribution in [2.24, 2.45) is 5.14 Å². The third-order valence-electron chi connectivity index (χ3n) is 2.24. The van der Waals surface area contributed by atoms with Crippen molar-refractivity contribution in [2.75, 3.05) is 6.54 Å². The number of hydrogen-bond donors (Lipinski definition) is 2. The summed E-state index contributed by atoms with van der Waals surface area (Å²) in [5, 5.41) is 6.30. The topological polar surface area (TPSA) is 89.3 Å². The highest BCUT2D eigenvalue weighted by Crippen LogP contribution is 2.19. The van der Waals surface area contributed by atoms with Crippen molar-refractivity contribution in [1.29, 1.82) is 0 Å². The first-order valence-corrected chi connectivity index (χ1v) is 6.64. The molecule has 0 bridgehead atoms. The molecule has 0 aliphatic carbocycles. The van der Waals surface area contributed by atoms with E-state index in [1.54, 1.807) is 5.32 Å². The lowest BCUT2D eigenvalue weighted by Gasteiger charge is -2.10. The Bertz CT molecular complexity index is 641. The largest absolute Gasteiger partial charge is 0.405 e. The highest BCUT2D eigenvalue weighted by Gasteiger charge is 2.28. The maximum atomic E-state index is 13.5. The Morgan fingerprint density at radius 3 is 2.35 bits per heavy atom. The van der Waals surface area contributed by atoms with Crippen molar-refractivity contribution < 1.29 is 30.8 Å². The molecule has 5 nitrogen and oxygen atoms in total. The molecule has 0 aromatic heterocycles. The van der Waals surface area contributed by atoms with Crippen LogP contribution in [0.3, 0.4) is 0 Å². The van der Waals surface area contributed by atoms with Crippen molar-refractivity contribution in [1.82, 2.24) is 5.32 Å². The Kier molecular flexibility index (Phi) is 4.39. The fourth-order valence-electron chi connectivity index (χ4n) is 1.36. The fourth-order valence-corrected chi connectivity index (χ4v) is 2.06. The number of primary sulfonamides is 1. The van der Waals surface area contributed by atoms with Crippen LogP contribution in [-0.4, -0.2) is 27.0 Å². The zero-order valence-corrected chi connectivity index (χ0v) is 10.9. The molecular weight excluding hydrogens is 304 g/mol. The number of amides is 1. The fraction of sp³-hybridized carbons (Fsp3) is 0.300. The number of alkyl halides is 3. The molecule has 0 saturated carbocycles. The Labute approximate surface area is 111 Å². The Hall–Kier alpha value is -1.68. The normalized spacial score (nSPS) is 12.3. The molecule has 0 radical (unpaired) electrons. The predicted molar refractivity (Wildman–Crippen MR) is 60.9 cm³/mol. The van der Waals surface area contributed by atoms with Gasteiger partial charge in [-0.05, 0) is 24.6 Å². The van der Waals surface area contributed by atoms with Gasteiger partial charge in [0, 0.05) is 5.56 Å². The molecule has 112 valence electrons. The van der Waals surface area contributed by atoms with Crippen molar-refractivity contribution in [3.8, 4) is 0 Å². The summed E-state index contributed by atoms with van der Waals surface area (Å²) >= 11 is 0. The van der Waals surface area contributed by atoms with Crippen LogP contribution in [0.2, 0.25) is 0 Å². The summed E-state index contributed by atoms with van der Waals surface area (Å²) in [7, 11) is -4.43. The van der Waals surface area contributed by atoms with Crippen LogP contribution < -0.4 is 10.5 Å². The molecule has 0 spiro atoms. The maximum Gasteiger partial charge on any atom is 0.405 e. The molecule has 20 heavy (non-hydrogen) atoms. The second-order valence-electron chi connectivity index (χ2n) is 3.95. The number of hydrogen-bond acceptors (Lipinski definition) is 3. The van der Waals surface area contributed by atoms with Gasteiger partial charge in [-0.1, -0.05) is 0 Å². The summed E-state index contributed by atoms with van der Waals surface area (Å²) in [5.74, 6) is -2.34. The summed E-state index contributed by atoms with van der Waals surface area (Å²) in [6.45, 7) is -0.433. The van der Waals surface area contributed by atoms with Crippen LogP contribution in [0.4, 0.5) is 17.6 Å². The van der Waals surface area contributed by atoms with Crippen molar-refractivity contribution in [3.05, 3.63) is 29.1 Å². The van der Waals surface area contributed by atoms with Crippen LogP contribution in [0.15, 0.2) is 17.0 Å². The van der Waals surface area contributed by atoms with Gasteiger partial charge in [0.25, 0.3) is 5.91 Å². The molecule has 0 heterocycles. The summed E-state index contributed by atoms with van der Waals surface area (Å²) < 4.78 is 71.7. The average molecular weight is 314 g/mol. The van der Waals surface area contributed by atoms with Crippen molar-refractivity contribution in [2.45, 2.75) is 18.0 Å².